The van der Waals surface area contributed by atoms with Crippen molar-refractivity contribution in [2.24, 2.45) is 28.6 Å². The lowest BCUT2D eigenvalue weighted by Crippen LogP contribution is -2.60. The van der Waals surface area contributed by atoms with E-state index in [1.54, 1.807) is 6.08 Å². The van der Waals surface area contributed by atoms with E-state index in [-0.39, 0.29) is 30.0 Å². The van der Waals surface area contributed by atoms with Gasteiger partial charge in [-0.15, -0.1) is 0 Å². The largest absolute Gasteiger partial charge is 0.458 e. The van der Waals surface area contributed by atoms with E-state index < -0.39 is 46.9 Å². The van der Waals surface area contributed by atoms with E-state index in [4.69, 9.17) is 9.47 Å². The van der Waals surface area contributed by atoms with Gasteiger partial charge in [0.05, 0.1) is 4.48 Å². The van der Waals surface area contributed by atoms with Gasteiger partial charge in [-0.25, -0.2) is 4.39 Å². The number of esters is 2. The van der Waals surface area contributed by atoms with Crippen LogP contribution in [0.2, 0.25) is 0 Å². The number of ketones is 2. The van der Waals surface area contributed by atoms with Gasteiger partial charge in [0.25, 0.3) is 0 Å². The lowest BCUT2D eigenvalue weighted by Gasteiger charge is -2.54. The van der Waals surface area contributed by atoms with Crippen LogP contribution in [-0.2, 0) is 28.7 Å². The molecule has 7 atom stereocenters. The van der Waals surface area contributed by atoms with Crippen molar-refractivity contribution in [3.63, 3.8) is 0 Å². The standard InChI is InChI=1S/C26H30BrFO6/c1-13-8-18-16-9-21(28)19-10-22(31)20(27)11-24(19,4)17(16)6-7-25(18,5)26(13,34-15(3)30)23(32)12-33-14(2)29/h6,10-11,13,16,18,21H,7-9,12H2,1-5H3/t13?,16?,18?,21?,24-,25+,26+/m1/s1. The number of carbonyl (C=O) groups excluding carboxylic acids is 4. The van der Waals surface area contributed by atoms with Crippen molar-refractivity contribution in [2.75, 3.05) is 6.61 Å². The number of alkyl halides is 1. The van der Waals surface area contributed by atoms with Gasteiger partial charge < -0.3 is 9.47 Å². The summed E-state index contributed by atoms with van der Waals surface area (Å²) in [5.74, 6) is -2.53. The molecular formula is C26H30BrFO6. The maximum atomic E-state index is 15.6. The number of fused-ring (bicyclic) bond motifs is 5. The van der Waals surface area contributed by atoms with Crippen LogP contribution in [0, 0.1) is 28.6 Å². The Labute approximate surface area is 207 Å². The molecule has 0 spiro atoms. The first kappa shape index (κ1) is 25.0. The van der Waals surface area contributed by atoms with Crippen LogP contribution in [0.5, 0.6) is 0 Å². The SMILES string of the molecule is CC(=O)OCC(=O)[C@@]1(OC(C)=O)C(C)CC2C3CC(F)C4=CC(=O)C(Br)=C[C@]4(C)C3=CC[C@@]21C. The highest BCUT2D eigenvalue weighted by Crippen LogP contribution is 2.67. The molecular weight excluding hydrogens is 507 g/mol. The molecule has 4 aliphatic carbocycles. The van der Waals surface area contributed by atoms with Crippen LogP contribution in [0.1, 0.15) is 53.9 Å². The van der Waals surface area contributed by atoms with E-state index in [9.17, 15) is 19.2 Å². The zero-order valence-corrected chi connectivity index (χ0v) is 21.7. The number of carbonyl (C=O) groups is 4. The van der Waals surface area contributed by atoms with Gasteiger partial charge in [0.15, 0.2) is 18.0 Å². The molecule has 0 aromatic carbocycles. The first-order chi connectivity index (χ1) is 15.8. The third-order valence-corrected chi connectivity index (χ3v) is 9.28. The number of rotatable bonds is 4. The lowest BCUT2D eigenvalue weighted by molar-refractivity contribution is -0.190. The number of halogens is 2. The molecule has 0 bridgehead atoms. The highest BCUT2D eigenvalue weighted by atomic mass is 79.9. The Morgan fingerprint density at radius 1 is 1.15 bits per heavy atom. The second kappa shape index (κ2) is 8.25. The molecule has 0 saturated heterocycles. The fourth-order valence-corrected chi connectivity index (χ4v) is 7.86. The summed E-state index contributed by atoms with van der Waals surface area (Å²) in [5, 5.41) is 0. The molecule has 2 fully saturated rings. The minimum atomic E-state index is -1.48. The Kier molecular flexibility index (Phi) is 6.07. The van der Waals surface area contributed by atoms with Crippen LogP contribution in [0.4, 0.5) is 4.39 Å². The molecule has 6 nitrogen and oxygen atoms in total. The second-order valence-electron chi connectivity index (χ2n) is 10.5. The van der Waals surface area contributed by atoms with Crippen molar-refractivity contribution < 1.29 is 33.0 Å². The van der Waals surface area contributed by atoms with Crippen molar-refractivity contribution in [1.82, 2.24) is 0 Å². The van der Waals surface area contributed by atoms with Crippen molar-refractivity contribution in [1.29, 1.82) is 0 Å². The zero-order valence-electron chi connectivity index (χ0n) is 20.1. The third-order valence-electron chi connectivity index (χ3n) is 8.66. The van der Waals surface area contributed by atoms with Crippen LogP contribution in [0.25, 0.3) is 0 Å². The monoisotopic (exact) mass is 536 g/mol. The smallest absolute Gasteiger partial charge is 0.303 e. The first-order valence-electron chi connectivity index (χ1n) is 11.6. The van der Waals surface area contributed by atoms with Gasteiger partial charge in [0.2, 0.25) is 5.78 Å². The third kappa shape index (κ3) is 3.39. The van der Waals surface area contributed by atoms with E-state index in [0.717, 1.165) is 5.57 Å². The minimum absolute atomic E-state index is 0.135. The fourth-order valence-electron chi connectivity index (χ4n) is 7.29. The molecule has 34 heavy (non-hydrogen) atoms. The van der Waals surface area contributed by atoms with Gasteiger partial charge in [-0.1, -0.05) is 31.6 Å². The second-order valence-corrected chi connectivity index (χ2v) is 11.4. The van der Waals surface area contributed by atoms with Gasteiger partial charge in [0, 0.05) is 30.6 Å². The summed E-state index contributed by atoms with van der Waals surface area (Å²) in [4.78, 5) is 49.5. The topological polar surface area (TPSA) is 86.7 Å². The molecule has 8 heteroatoms. The molecule has 184 valence electrons. The molecule has 0 aliphatic heterocycles. The highest BCUT2D eigenvalue weighted by molar-refractivity contribution is 9.12. The maximum Gasteiger partial charge on any atom is 0.303 e. The van der Waals surface area contributed by atoms with Crippen molar-refractivity contribution in [2.45, 2.75) is 65.7 Å². The summed E-state index contributed by atoms with van der Waals surface area (Å²) in [6, 6.07) is 0. The molecule has 0 aromatic rings. The molecule has 0 heterocycles. The number of allylic oxidation sites excluding steroid dienone is 6. The summed E-state index contributed by atoms with van der Waals surface area (Å²) in [7, 11) is 0. The summed E-state index contributed by atoms with van der Waals surface area (Å²) in [6.45, 7) is 7.75. The number of hydrogen-bond acceptors (Lipinski definition) is 6. The van der Waals surface area contributed by atoms with Crippen LogP contribution in [0.15, 0.2) is 33.9 Å². The fraction of sp³-hybridized carbons (Fsp3) is 0.615. The molecule has 4 aliphatic rings. The van der Waals surface area contributed by atoms with Crippen molar-refractivity contribution >= 4 is 39.4 Å². The van der Waals surface area contributed by atoms with Gasteiger partial charge in [0.1, 0.15) is 6.17 Å². The van der Waals surface area contributed by atoms with Gasteiger partial charge >= 0.3 is 11.9 Å². The summed E-state index contributed by atoms with van der Waals surface area (Å²) >= 11 is 3.33. The molecule has 0 radical (unpaired) electrons. The predicted molar refractivity (Wildman–Crippen MR) is 125 cm³/mol. The lowest BCUT2D eigenvalue weighted by atomic mass is 9.51. The van der Waals surface area contributed by atoms with Crippen LogP contribution in [0.3, 0.4) is 0 Å². The summed E-state index contributed by atoms with van der Waals surface area (Å²) < 4.78 is 26.9. The van der Waals surface area contributed by atoms with Crippen molar-refractivity contribution in [3.05, 3.63) is 33.9 Å². The Morgan fingerprint density at radius 3 is 2.44 bits per heavy atom. The Bertz CT molecular complexity index is 1080. The molecule has 2 saturated carbocycles. The van der Waals surface area contributed by atoms with Crippen molar-refractivity contribution in [3.8, 4) is 0 Å². The highest BCUT2D eigenvalue weighted by Gasteiger charge is 2.70. The number of ether oxygens (including phenoxy) is 2. The molecule has 0 N–H and O–H groups in total. The van der Waals surface area contributed by atoms with E-state index in [2.05, 4.69) is 15.9 Å². The Morgan fingerprint density at radius 2 is 1.82 bits per heavy atom. The van der Waals surface area contributed by atoms with E-state index >= 15 is 4.39 Å². The molecule has 0 amide bonds. The normalized spacial score (nSPS) is 40.7. The molecule has 4 unspecified atom stereocenters. The van der Waals surface area contributed by atoms with Crippen LogP contribution < -0.4 is 0 Å². The molecule has 0 aromatic heterocycles. The number of hydrogen-bond donors (Lipinski definition) is 0. The Balaban J connectivity index is 1.82. The average Bonchev–Trinajstić information content (AvgIpc) is 2.96. The average molecular weight is 537 g/mol. The Hall–Kier alpha value is -2.09. The van der Waals surface area contributed by atoms with Gasteiger partial charge in [-0.3, -0.25) is 19.2 Å². The predicted octanol–water partition coefficient (Wildman–Crippen LogP) is 4.57. The summed E-state index contributed by atoms with van der Waals surface area (Å²) in [6.07, 6.45) is 5.14. The number of Topliss-reactive ketones (excluding diaryl/α,β-unsaturated/α-hetero) is 1. The van der Waals surface area contributed by atoms with Gasteiger partial charge in [-0.05, 0) is 65.6 Å². The van der Waals surface area contributed by atoms with Crippen LogP contribution in [-0.4, -0.2) is 41.9 Å². The zero-order chi connectivity index (χ0) is 25.2. The van der Waals surface area contributed by atoms with Crippen LogP contribution >= 0.6 is 15.9 Å². The van der Waals surface area contributed by atoms with E-state index in [1.165, 1.54) is 19.9 Å². The van der Waals surface area contributed by atoms with E-state index in [1.807, 2.05) is 26.8 Å². The quantitative estimate of drug-likeness (QED) is 0.386. The molecule has 4 rings (SSSR count). The van der Waals surface area contributed by atoms with Gasteiger partial charge in [-0.2, -0.15) is 0 Å². The summed E-state index contributed by atoms with van der Waals surface area (Å²) in [5.41, 5.74) is -1.52. The van der Waals surface area contributed by atoms with E-state index in [0.29, 0.717) is 22.9 Å². The first-order valence-corrected chi connectivity index (χ1v) is 12.4. The minimum Gasteiger partial charge on any atom is -0.458 e. The maximum absolute atomic E-state index is 15.6.